The molecule has 1 aliphatic carbocycles. The molecule has 1 amide bonds. The fourth-order valence-corrected chi connectivity index (χ4v) is 5.13. The first-order chi connectivity index (χ1) is 16.9. The lowest BCUT2D eigenvalue weighted by Crippen LogP contribution is -2.49. The Bertz CT molecular complexity index is 1560. The molecule has 0 unspecified atom stereocenters. The summed E-state index contributed by atoms with van der Waals surface area (Å²) in [4.78, 5) is 27.4. The number of anilines is 1. The summed E-state index contributed by atoms with van der Waals surface area (Å²) >= 11 is 0. The molecular weight excluding hydrogens is 472 g/mol. The van der Waals surface area contributed by atoms with Crippen LogP contribution in [0.5, 0.6) is 0 Å². The molecule has 0 spiro atoms. The van der Waals surface area contributed by atoms with Gasteiger partial charge in [-0.1, -0.05) is 0 Å². The minimum atomic E-state index is -3.85. The van der Waals surface area contributed by atoms with Gasteiger partial charge in [0.05, 0.1) is 29.1 Å². The Labute approximate surface area is 199 Å². The van der Waals surface area contributed by atoms with Crippen molar-refractivity contribution in [1.29, 1.82) is 5.26 Å². The second-order valence-electron chi connectivity index (χ2n) is 8.02. The lowest BCUT2D eigenvalue weighted by molar-refractivity contribution is 0.0936. The number of nitriles is 1. The van der Waals surface area contributed by atoms with Crippen molar-refractivity contribution in [3.63, 3.8) is 0 Å². The van der Waals surface area contributed by atoms with Crippen molar-refractivity contribution in [2.75, 3.05) is 12.4 Å². The lowest BCUT2D eigenvalue weighted by Gasteiger charge is -2.37. The standard InChI is InChI=1S/C22H20N8O4S/c1-24-21(31)17-11-28-22(34-17)16-10-27-20-15(3-5-26-20)19(16)29-13-7-14(8-13)30-35(32,33)18-6-12(9-23)2-4-25-18/h2-6,10-11,13-14,30H,7-8H2,1H3,(H,24,31)(H2,26,27,29). The van der Waals surface area contributed by atoms with Gasteiger partial charge in [0.1, 0.15) is 5.65 Å². The number of amides is 1. The predicted octanol–water partition coefficient (Wildman–Crippen LogP) is 1.77. The van der Waals surface area contributed by atoms with E-state index >= 15 is 0 Å². The summed E-state index contributed by atoms with van der Waals surface area (Å²) in [5.74, 6) is -0.0746. The smallest absolute Gasteiger partial charge is 0.288 e. The third-order valence-electron chi connectivity index (χ3n) is 5.72. The highest BCUT2D eigenvalue weighted by atomic mass is 32.2. The molecule has 4 aromatic rings. The van der Waals surface area contributed by atoms with Crippen molar-refractivity contribution in [3.8, 4) is 17.5 Å². The van der Waals surface area contributed by atoms with Gasteiger partial charge in [-0.3, -0.25) is 4.79 Å². The van der Waals surface area contributed by atoms with Crippen LogP contribution in [0, 0.1) is 11.3 Å². The van der Waals surface area contributed by atoms with Gasteiger partial charge in [0.2, 0.25) is 11.7 Å². The van der Waals surface area contributed by atoms with E-state index in [1.807, 2.05) is 12.1 Å². The van der Waals surface area contributed by atoms with E-state index in [0.29, 0.717) is 24.1 Å². The van der Waals surface area contributed by atoms with Crippen LogP contribution in [0.3, 0.4) is 0 Å². The number of carbonyl (C=O) groups is 1. The Balaban J connectivity index is 1.33. The molecular formula is C22H20N8O4S. The zero-order valence-electron chi connectivity index (χ0n) is 18.4. The number of pyridine rings is 2. The molecule has 35 heavy (non-hydrogen) atoms. The third kappa shape index (κ3) is 4.32. The van der Waals surface area contributed by atoms with E-state index in [4.69, 9.17) is 9.68 Å². The molecule has 0 saturated heterocycles. The van der Waals surface area contributed by atoms with Gasteiger partial charge in [-0.05, 0) is 31.0 Å². The number of carbonyl (C=O) groups excluding carboxylic acids is 1. The quantitative estimate of drug-likeness (QED) is 0.299. The molecule has 4 N–H and O–H groups in total. The number of nitrogens with one attached hydrogen (secondary N) is 4. The number of H-pyrrole nitrogens is 1. The van der Waals surface area contributed by atoms with Gasteiger partial charge in [-0.15, -0.1) is 0 Å². The molecule has 0 aromatic carbocycles. The van der Waals surface area contributed by atoms with Crippen LogP contribution in [0.2, 0.25) is 0 Å². The number of sulfonamides is 1. The van der Waals surface area contributed by atoms with Crippen molar-refractivity contribution in [2.45, 2.75) is 30.0 Å². The van der Waals surface area contributed by atoms with Crippen LogP contribution >= 0.6 is 0 Å². The van der Waals surface area contributed by atoms with E-state index in [1.54, 1.807) is 12.4 Å². The second-order valence-corrected chi connectivity index (χ2v) is 9.68. The predicted molar refractivity (Wildman–Crippen MR) is 125 cm³/mol. The number of oxazole rings is 1. The number of aromatic nitrogens is 4. The number of fused-ring (bicyclic) bond motifs is 1. The molecule has 0 aliphatic heterocycles. The molecule has 13 heteroatoms. The largest absolute Gasteiger partial charge is 0.431 e. The summed E-state index contributed by atoms with van der Waals surface area (Å²) in [5, 5.41) is 15.6. The molecule has 1 fully saturated rings. The zero-order valence-corrected chi connectivity index (χ0v) is 19.3. The topological polar surface area (TPSA) is 179 Å². The van der Waals surface area contributed by atoms with Gasteiger partial charge in [-0.2, -0.15) is 5.26 Å². The van der Waals surface area contributed by atoms with Crippen LogP contribution in [0.1, 0.15) is 29.0 Å². The molecule has 1 aliphatic rings. The average Bonchev–Trinajstić information content (AvgIpc) is 3.52. The molecule has 4 heterocycles. The van der Waals surface area contributed by atoms with Gasteiger partial charge in [0, 0.05) is 43.1 Å². The summed E-state index contributed by atoms with van der Waals surface area (Å²) in [5.41, 5.74) is 2.18. The van der Waals surface area contributed by atoms with E-state index in [9.17, 15) is 13.2 Å². The van der Waals surface area contributed by atoms with Gasteiger partial charge in [-0.25, -0.2) is 28.1 Å². The Kier molecular flexibility index (Phi) is 5.67. The van der Waals surface area contributed by atoms with E-state index in [0.717, 1.165) is 11.1 Å². The Morgan fingerprint density at radius 1 is 1.20 bits per heavy atom. The minimum Gasteiger partial charge on any atom is -0.431 e. The van der Waals surface area contributed by atoms with Crippen molar-refractivity contribution in [3.05, 3.63) is 54.3 Å². The number of nitrogens with zero attached hydrogens (tertiary/aromatic N) is 4. The molecule has 1 saturated carbocycles. The Hall–Kier alpha value is -4.28. The molecule has 178 valence electrons. The van der Waals surface area contributed by atoms with Gasteiger partial charge in [0.25, 0.3) is 15.9 Å². The second kappa shape index (κ2) is 8.82. The molecule has 12 nitrogen and oxygen atoms in total. The summed E-state index contributed by atoms with van der Waals surface area (Å²) in [6, 6.07) is 6.14. The summed E-state index contributed by atoms with van der Waals surface area (Å²) < 4.78 is 33.6. The average molecular weight is 493 g/mol. The van der Waals surface area contributed by atoms with Crippen LogP contribution in [-0.4, -0.2) is 53.4 Å². The number of hydrogen-bond acceptors (Lipinski definition) is 9. The molecule has 0 bridgehead atoms. The van der Waals surface area contributed by atoms with E-state index < -0.39 is 15.9 Å². The van der Waals surface area contributed by atoms with Crippen LogP contribution in [0.4, 0.5) is 5.69 Å². The summed E-state index contributed by atoms with van der Waals surface area (Å²) in [7, 11) is -2.35. The highest BCUT2D eigenvalue weighted by Gasteiger charge is 2.34. The third-order valence-corrected chi connectivity index (χ3v) is 7.14. The summed E-state index contributed by atoms with van der Waals surface area (Å²) in [6.45, 7) is 0. The van der Waals surface area contributed by atoms with Crippen molar-refractivity contribution in [1.82, 2.24) is 30.0 Å². The fraction of sp³-hybridized carbons (Fsp3) is 0.227. The van der Waals surface area contributed by atoms with Crippen molar-refractivity contribution in [2.24, 2.45) is 0 Å². The number of rotatable bonds is 7. The van der Waals surface area contributed by atoms with Crippen molar-refractivity contribution < 1.29 is 17.6 Å². The van der Waals surface area contributed by atoms with E-state index in [1.165, 1.54) is 31.6 Å². The van der Waals surface area contributed by atoms with E-state index in [-0.39, 0.29) is 34.3 Å². The number of hydrogen-bond donors (Lipinski definition) is 4. The number of aromatic amines is 1. The Morgan fingerprint density at radius 2 is 2.03 bits per heavy atom. The lowest BCUT2D eigenvalue weighted by atomic mass is 9.87. The van der Waals surface area contributed by atoms with Crippen LogP contribution < -0.4 is 15.4 Å². The molecule has 5 rings (SSSR count). The van der Waals surface area contributed by atoms with Crippen LogP contribution in [-0.2, 0) is 10.0 Å². The summed E-state index contributed by atoms with van der Waals surface area (Å²) in [6.07, 6.45) is 7.07. The first-order valence-electron chi connectivity index (χ1n) is 10.7. The first-order valence-corrected chi connectivity index (χ1v) is 12.2. The molecule has 0 radical (unpaired) electrons. The maximum Gasteiger partial charge on any atom is 0.288 e. The van der Waals surface area contributed by atoms with Crippen LogP contribution in [0.15, 0.2) is 52.4 Å². The highest BCUT2D eigenvalue weighted by Crippen LogP contribution is 2.36. The zero-order chi connectivity index (χ0) is 24.6. The first kappa shape index (κ1) is 22.5. The SMILES string of the molecule is CNC(=O)c1cnc(-c2cnc3[nH]ccc3c2NC2CC(NS(=O)(=O)c3cc(C#N)ccn3)C2)o1. The Morgan fingerprint density at radius 3 is 2.80 bits per heavy atom. The van der Waals surface area contributed by atoms with Crippen molar-refractivity contribution >= 4 is 32.7 Å². The maximum absolute atomic E-state index is 12.7. The van der Waals surface area contributed by atoms with E-state index in [2.05, 4.69) is 35.3 Å². The van der Waals surface area contributed by atoms with Gasteiger partial charge < -0.3 is 20.0 Å². The fourth-order valence-electron chi connectivity index (χ4n) is 3.89. The van der Waals surface area contributed by atoms with Gasteiger partial charge >= 0.3 is 0 Å². The van der Waals surface area contributed by atoms with Crippen LogP contribution in [0.25, 0.3) is 22.5 Å². The normalized spacial score (nSPS) is 17.5. The minimum absolute atomic E-state index is 0.0336. The highest BCUT2D eigenvalue weighted by molar-refractivity contribution is 7.89. The molecule has 4 aromatic heterocycles. The maximum atomic E-state index is 12.7. The molecule has 0 atom stereocenters. The monoisotopic (exact) mass is 492 g/mol. The van der Waals surface area contributed by atoms with Gasteiger partial charge in [0.15, 0.2) is 5.03 Å².